The van der Waals surface area contributed by atoms with Gasteiger partial charge in [-0.15, -0.1) is 0 Å². The summed E-state index contributed by atoms with van der Waals surface area (Å²) in [5.74, 6) is 0.881. The van der Waals surface area contributed by atoms with Gasteiger partial charge in [0.1, 0.15) is 12.4 Å². The fourth-order valence-corrected chi connectivity index (χ4v) is 3.65. The predicted molar refractivity (Wildman–Crippen MR) is 129 cm³/mol. The van der Waals surface area contributed by atoms with E-state index in [9.17, 15) is 0 Å². The van der Waals surface area contributed by atoms with Gasteiger partial charge >= 0.3 is 7.12 Å². The van der Waals surface area contributed by atoms with Gasteiger partial charge in [0, 0.05) is 6.54 Å². The van der Waals surface area contributed by atoms with Gasteiger partial charge < -0.3 is 18.9 Å². The number of ether oxygens (including phenoxy) is 1. The van der Waals surface area contributed by atoms with E-state index in [1.54, 1.807) is 0 Å². The first-order valence-corrected chi connectivity index (χ1v) is 11.2. The zero-order chi connectivity index (χ0) is 22.6. The van der Waals surface area contributed by atoms with Crippen LogP contribution in [0.5, 0.6) is 5.75 Å². The largest absolute Gasteiger partial charge is 0.492 e. The molecular formula is C26H36BNO3. The number of likely N-dealkylation sites (N-methyl/N-ethyl adjacent to an activating group) is 1. The van der Waals surface area contributed by atoms with Crippen molar-refractivity contribution >= 4 is 12.7 Å². The van der Waals surface area contributed by atoms with Crippen LogP contribution in [0.4, 0.5) is 0 Å². The zero-order valence-corrected chi connectivity index (χ0v) is 20.1. The van der Waals surface area contributed by atoms with Gasteiger partial charge in [-0.05, 0) is 82.5 Å². The molecule has 166 valence electrons. The molecule has 0 spiro atoms. The standard InChI is InChI=1S/C26H36BNO3/c1-8-23(27-30-25(2,3)26(4,5)31-27)24(20-12-10-9-11-13-20)21-14-16-22(17-15-21)29-19-18-28(6)7/h9-17H,8,18-19H2,1-7H3/b24-23-. The zero-order valence-electron chi connectivity index (χ0n) is 20.1. The topological polar surface area (TPSA) is 30.9 Å². The van der Waals surface area contributed by atoms with E-state index < -0.39 is 0 Å². The molecule has 0 unspecified atom stereocenters. The number of rotatable bonds is 8. The molecule has 1 heterocycles. The van der Waals surface area contributed by atoms with Crippen molar-refractivity contribution in [1.29, 1.82) is 0 Å². The lowest BCUT2D eigenvalue weighted by atomic mass is 9.71. The molecule has 1 aliphatic heterocycles. The van der Waals surface area contributed by atoms with E-state index in [-0.39, 0.29) is 18.3 Å². The first kappa shape index (κ1) is 23.6. The van der Waals surface area contributed by atoms with Gasteiger partial charge in [-0.3, -0.25) is 0 Å². The Kier molecular flexibility index (Phi) is 7.30. The van der Waals surface area contributed by atoms with Crippen LogP contribution < -0.4 is 4.74 Å². The highest BCUT2D eigenvalue weighted by Crippen LogP contribution is 2.41. The molecule has 1 aliphatic rings. The van der Waals surface area contributed by atoms with Crippen LogP contribution in [0.1, 0.15) is 52.2 Å². The number of allylic oxidation sites excluding steroid dienone is 1. The summed E-state index contributed by atoms with van der Waals surface area (Å²) in [6.07, 6.45) is 0.835. The van der Waals surface area contributed by atoms with Crippen molar-refractivity contribution in [2.45, 2.75) is 52.2 Å². The van der Waals surface area contributed by atoms with Crippen LogP contribution in [0, 0.1) is 0 Å². The molecule has 0 atom stereocenters. The molecule has 1 saturated heterocycles. The highest BCUT2D eigenvalue weighted by Gasteiger charge is 2.52. The lowest BCUT2D eigenvalue weighted by molar-refractivity contribution is 0.00578. The van der Waals surface area contributed by atoms with Gasteiger partial charge in [0.05, 0.1) is 11.2 Å². The summed E-state index contributed by atoms with van der Waals surface area (Å²) in [4.78, 5) is 2.11. The van der Waals surface area contributed by atoms with Crippen LogP contribution in [-0.4, -0.2) is 50.5 Å². The Labute approximate surface area is 188 Å². The molecular weight excluding hydrogens is 385 g/mol. The normalized spacial score (nSPS) is 18.3. The van der Waals surface area contributed by atoms with E-state index in [1.165, 1.54) is 5.57 Å². The second kappa shape index (κ2) is 9.60. The van der Waals surface area contributed by atoms with E-state index in [4.69, 9.17) is 14.0 Å². The molecule has 5 heteroatoms. The smallest absolute Gasteiger partial charge is 0.491 e. The van der Waals surface area contributed by atoms with Crippen molar-refractivity contribution < 1.29 is 14.0 Å². The van der Waals surface area contributed by atoms with Crippen LogP contribution in [0.2, 0.25) is 0 Å². The predicted octanol–water partition coefficient (Wildman–Crippen LogP) is 5.47. The second-order valence-corrected chi connectivity index (χ2v) is 9.38. The summed E-state index contributed by atoms with van der Waals surface area (Å²) in [6.45, 7) is 12.1. The number of nitrogens with zero attached hydrogens (tertiary/aromatic N) is 1. The van der Waals surface area contributed by atoms with Crippen LogP contribution in [0.25, 0.3) is 5.57 Å². The van der Waals surface area contributed by atoms with E-state index in [1.807, 2.05) is 32.3 Å². The number of hydrogen-bond donors (Lipinski definition) is 0. The summed E-state index contributed by atoms with van der Waals surface area (Å²) >= 11 is 0. The Bertz CT molecular complexity index is 873. The summed E-state index contributed by atoms with van der Waals surface area (Å²) in [6, 6.07) is 18.9. The quantitative estimate of drug-likeness (QED) is 0.529. The van der Waals surface area contributed by atoms with E-state index in [2.05, 4.69) is 75.9 Å². The van der Waals surface area contributed by atoms with Crippen LogP contribution in [-0.2, 0) is 9.31 Å². The first-order chi connectivity index (χ1) is 14.6. The van der Waals surface area contributed by atoms with Gasteiger partial charge in [-0.1, -0.05) is 49.4 Å². The molecule has 0 amide bonds. The molecule has 0 aliphatic carbocycles. The second-order valence-electron chi connectivity index (χ2n) is 9.38. The molecule has 2 aromatic rings. The summed E-state index contributed by atoms with van der Waals surface area (Å²) in [5.41, 5.74) is 3.88. The van der Waals surface area contributed by atoms with Gasteiger partial charge in [-0.25, -0.2) is 0 Å². The minimum atomic E-state index is -0.374. The first-order valence-electron chi connectivity index (χ1n) is 11.2. The molecule has 2 aromatic carbocycles. The van der Waals surface area contributed by atoms with E-state index >= 15 is 0 Å². The van der Waals surface area contributed by atoms with Gasteiger partial charge in [-0.2, -0.15) is 0 Å². The highest BCUT2D eigenvalue weighted by atomic mass is 16.7. The molecule has 1 fully saturated rings. The van der Waals surface area contributed by atoms with Crippen molar-refractivity contribution in [3.8, 4) is 5.75 Å². The Morgan fingerprint density at radius 3 is 1.94 bits per heavy atom. The molecule has 0 aromatic heterocycles. The number of benzene rings is 2. The SMILES string of the molecule is CC/C(B1OC(C)(C)C(C)(C)O1)=C(\c1ccccc1)c1ccc(OCCN(C)C)cc1. The van der Waals surface area contributed by atoms with Crippen molar-refractivity contribution in [3.05, 3.63) is 71.2 Å². The fourth-order valence-electron chi connectivity index (χ4n) is 3.65. The Morgan fingerprint density at radius 2 is 1.42 bits per heavy atom. The molecule has 0 saturated carbocycles. The molecule has 3 rings (SSSR count). The maximum atomic E-state index is 6.43. The van der Waals surface area contributed by atoms with Crippen molar-refractivity contribution in [2.24, 2.45) is 0 Å². The van der Waals surface area contributed by atoms with E-state index in [0.29, 0.717) is 6.61 Å². The third-order valence-electron chi connectivity index (χ3n) is 6.25. The van der Waals surface area contributed by atoms with Crippen molar-refractivity contribution in [3.63, 3.8) is 0 Å². The Balaban J connectivity index is 1.99. The van der Waals surface area contributed by atoms with Gasteiger partial charge in [0.2, 0.25) is 0 Å². The van der Waals surface area contributed by atoms with Gasteiger partial charge in [0.15, 0.2) is 0 Å². The minimum absolute atomic E-state index is 0.371. The summed E-state index contributed by atoms with van der Waals surface area (Å²) in [7, 11) is 3.72. The van der Waals surface area contributed by atoms with Gasteiger partial charge in [0.25, 0.3) is 0 Å². The lowest BCUT2D eigenvalue weighted by Gasteiger charge is -2.32. The van der Waals surface area contributed by atoms with Crippen molar-refractivity contribution in [2.75, 3.05) is 27.2 Å². The molecule has 0 bridgehead atoms. The maximum absolute atomic E-state index is 6.43. The summed E-state index contributed by atoms with van der Waals surface area (Å²) in [5, 5.41) is 0. The third-order valence-corrected chi connectivity index (χ3v) is 6.25. The maximum Gasteiger partial charge on any atom is 0.491 e. The minimum Gasteiger partial charge on any atom is -0.492 e. The Hall–Kier alpha value is -2.08. The fraction of sp³-hybridized carbons (Fsp3) is 0.462. The Morgan fingerprint density at radius 1 is 0.871 bits per heavy atom. The number of hydrogen-bond acceptors (Lipinski definition) is 4. The highest BCUT2D eigenvalue weighted by molar-refractivity contribution is 6.56. The van der Waals surface area contributed by atoms with E-state index in [0.717, 1.165) is 35.3 Å². The third kappa shape index (κ3) is 5.41. The molecule has 0 N–H and O–H groups in total. The molecule has 4 nitrogen and oxygen atoms in total. The lowest BCUT2D eigenvalue weighted by Crippen LogP contribution is -2.41. The average Bonchev–Trinajstić information content (AvgIpc) is 2.94. The monoisotopic (exact) mass is 421 g/mol. The average molecular weight is 421 g/mol. The van der Waals surface area contributed by atoms with Crippen LogP contribution in [0.3, 0.4) is 0 Å². The van der Waals surface area contributed by atoms with Crippen LogP contribution >= 0.6 is 0 Å². The van der Waals surface area contributed by atoms with Crippen LogP contribution in [0.15, 0.2) is 60.1 Å². The molecule has 0 radical (unpaired) electrons. The molecule has 31 heavy (non-hydrogen) atoms. The summed E-state index contributed by atoms with van der Waals surface area (Å²) < 4.78 is 18.8. The van der Waals surface area contributed by atoms with Crippen molar-refractivity contribution in [1.82, 2.24) is 4.90 Å².